The smallest absolute Gasteiger partial charge is 0.230 e. The molecule has 0 aromatic carbocycles. The van der Waals surface area contributed by atoms with Crippen LogP contribution in [0, 0.1) is 5.92 Å². The maximum Gasteiger partial charge on any atom is 0.230 e. The van der Waals surface area contributed by atoms with E-state index in [2.05, 4.69) is 0 Å². The van der Waals surface area contributed by atoms with Crippen LogP contribution in [0.25, 0.3) is 0 Å². The summed E-state index contributed by atoms with van der Waals surface area (Å²) >= 11 is 0. The molecular weight excluding hydrogens is 154 g/mol. The average Bonchev–Trinajstić information content (AvgIpc) is 1.99. The van der Waals surface area contributed by atoms with Gasteiger partial charge in [-0.25, -0.2) is 0 Å². The lowest BCUT2D eigenvalue weighted by Crippen LogP contribution is -2.56. The Morgan fingerprint density at radius 1 is 1.42 bits per heavy atom. The molecule has 1 heterocycles. The zero-order valence-electron chi connectivity index (χ0n) is 8.05. The molecule has 1 atom stereocenters. The van der Waals surface area contributed by atoms with Crippen molar-refractivity contribution in [3.05, 3.63) is 0 Å². The van der Waals surface area contributed by atoms with Crippen molar-refractivity contribution in [2.75, 3.05) is 7.05 Å². The van der Waals surface area contributed by atoms with Crippen molar-refractivity contribution in [2.24, 2.45) is 5.92 Å². The predicted octanol–water partition coefficient (Wildman–Crippen LogP) is 0.832. The maximum absolute atomic E-state index is 11.3. The molecule has 0 spiro atoms. The minimum absolute atomic E-state index is 0.0554. The third kappa shape index (κ3) is 1.13. The molecule has 1 saturated heterocycles. The fraction of sp³-hybridized carbons (Fsp3) is 0.778. The van der Waals surface area contributed by atoms with E-state index in [4.69, 9.17) is 0 Å². The lowest BCUT2D eigenvalue weighted by atomic mass is 9.80. The van der Waals surface area contributed by atoms with Crippen LogP contribution >= 0.6 is 0 Å². The first-order valence-corrected chi connectivity index (χ1v) is 4.16. The fourth-order valence-electron chi connectivity index (χ4n) is 1.43. The maximum atomic E-state index is 11.3. The van der Waals surface area contributed by atoms with E-state index in [0.29, 0.717) is 0 Å². The van der Waals surface area contributed by atoms with Crippen LogP contribution in [0.4, 0.5) is 0 Å². The van der Waals surface area contributed by atoms with Gasteiger partial charge in [-0.15, -0.1) is 0 Å². The molecule has 3 heteroatoms. The average molecular weight is 169 g/mol. The summed E-state index contributed by atoms with van der Waals surface area (Å²) in [5.41, 5.74) is -0.327. The Morgan fingerprint density at radius 3 is 2.42 bits per heavy atom. The van der Waals surface area contributed by atoms with Crippen LogP contribution in [-0.4, -0.2) is 29.2 Å². The highest BCUT2D eigenvalue weighted by molar-refractivity contribution is 6.02. The Morgan fingerprint density at radius 2 is 1.92 bits per heavy atom. The number of piperidine rings is 1. The SMILES string of the molecule is CC1C(=O)CC(=O)N(C)C1(C)C. The van der Waals surface area contributed by atoms with E-state index in [0.717, 1.165) is 0 Å². The lowest BCUT2D eigenvalue weighted by Gasteiger charge is -2.43. The van der Waals surface area contributed by atoms with Crippen LogP contribution in [-0.2, 0) is 9.59 Å². The van der Waals surface area contributed by atoms with E-state index in [1.54, 1.807) is 11.9 Å². The van der Waals surface area contributed by atoms with Crippen molar-refractivity contribution < 1.29 is 9.59 Å². The van der Waals surface area contributed by atoms with Crippen molar-refractivity contribution in [1.29, 1.82) is 0 Å². The van der Waals surface area contributed by atoms with E-state index < -0.39 is 0 Å². The van der Waals surface area contributed by atoms with Gasteiger partial charge in [0.25, 0.3) is 0 Å². The summed E-state index contributed by atoms with van der Waals surface area (Å²) in [6, 6.07) is 0. The quantitative estimate of drug-likeness (QED) is 0.504. The van der Waals surface area contributed by atoms with Gasteiger partial charge in [-0.1, -0.05) is 6.92 Å². The number of nitrogens with zero attached hydrogens (tertiary/aromatic N) is 1. The fourth-order valence-corrected chi connectivity index (χ4v) is 1.43. The van der Waals surface area contributed by atoms with E-state index >= 15 is 0 Å². The third-order valence-electron chi connectivity index (χ3n) is 3.11. The van der Waals surface area contributed by atoms with Crippen molar-refractivity contribution in [2.45, 2.75) is 32.7 Å². The minimum atomic E-state index is -0.327. The normalized spacial score (nSPS) is 29.3. The van der Waals surface area contributed by atoms with Gasteiger partial charge in [0.15, 0.2) is 0 Å². The first-order chi connectivity index (χ1) is 5.37. The third-order valence-corrected chi connectivity index (χ3v) is 3.11. The van der Waals surface area contributed by atoms with E-state index in [9.17, 15) is 9.59 Å². The molecule has 3 nitrogen and oxygen atoms in total. The number of amides is 1. The molecule has 0 saturated carbocycles. The molecule has 1 fully saturated rings. The summed E-state index contributed by atoms with van der Waals surface area (Å²) in [5.74, 6) is -0.0635. The Hall–Kier alpha value is -0.860. The van der Waals surface area contributed by atoms with E-state index in [-0.39, 0.29) is 29.6 Å². The van der Waals surface area contributed by atoms with Crippen LogP contribution in [0.1, 0.15) is 27.2 Å². The van der Waals surface area contributed by atoms with Gasteiger partial charge in [0.1, 0.15) is 5.78 Å². The molecule has 1 unspecified atom stereocenters. The molecule has 1 rings (SSSR count). The summed E-state index contributed by atoms with van der Waals surface area (Å²) in [6.07, 6.45) is 0.0705. The molecule has 0 N–H and O–H groups in total. The number of ketones is 1. The zero-order chi connectivity index (χ0) is 9.52. The molecule has 0 aromatic heterocycles. The Balaban J connectivity index is 2.97. The minimum Gasteiger partial charge on any atom is -0.340 e. The number of carbonyl (C=O) groups excluding carboxylic acids is 2. The van der Waals surface area contributed by atoms with Crippen LogP contribution in [0.15, 0.2) is 0 Å². The number of hydrogen-bond donors (Lipinski definition) is 0. The summed E-state index contributed by atoms with van der Waals surface area (Å²) in [5, 5.41) is 0. The Kier molecular flexibility index (Phi) is 1.98. The van der Waals surface area contributed by atoms with Gasteiger partial charge in [0, 0.05) is 18.5 Å². The van der Waals surface area contributed by atoms with Gasteiger partial charge in [0.05, 0.1) is 6.42 Å². The number of hydrogen-bond acceptors (Lipinski definition) is 2. The van der Waals surface area contributed by atoms with Gasteiger partial charge >= 0.3 is 0 Å². The van der Waals surface area contributed by atoms with Gasteiger partial charge < -0.3 is 4.90 Å². The summed E-state index contributed by atoms with van der Waals surface area (Å²) in [7, 11) is 1.76. The van der Waals surface area contributed by atoms with Gasteiger partial charge in [-0.3, -0.25) is 9.59 Å². The van der Waals surface area contributed by atoms with Gasteiger partial charge in [0.2, 0.25) is 5.91 Å². The monoisotopic (exact) mass is 169 g/mol. The molecule has 1 amide bonds. The molecule has 0 aliphatic carbocycles. The molecule has 12 heavy (non-hydrogen) atoms. The van der Waals surface area contributed by atoms with Crippen molar-refractivity contribution in [3.8, 4) is 0 Å². The van der Waals surface area contributed by atoms with Gasteiger partial charge in [-0.2, -0.15) is 0 Å². The first-order valence-electron chi connectivity index (χ1n) is 4.16. The molecular formula is C9H15NO2. The van der Waals surface area contributed by atoms with Crippen LogP contribution < -0.4 is 0 Å². The molecule has 1 aliphatic heterocycles. The highest BCUT2D eigenvalue weighted by Gasteiger charge is 2.42. The lowest BCUT2D eigenvalue weighted by molar-refractivity contribution is -0.149. The highest BCUT2D eigenvalue weighted by atomic mass is 16.2. The molecule has 0 radical (unpaired) electrons. The molecule has 0 bridgehead atoms. The largest absolute Gasteiger partial charge is 0.340 e. The number of carbonyl (C=O) groups is 2. The second-order valence-electron chi connectivity index (χ2n) is 3.97. The number of Topliss-reactive ketones (excluding diaryl/α,β-unsaturated/α-hetero) is 1. The van der Waals surface area contributed by atoms with Crippen LogP contribution in [0.2, 0.25) is 0 Å². The predicted molar refractivity (Wildman–Crippen MR) is 45.6 cm³/mol. The van der Waals surface area contributed by atoms with E-state index in [1.165, 1.54) is 0 Å². The molecule has 1 aliphatic rings. The van der Waals surface area contributed by atoms with Gasteiger partial charge in [-0.05, 0) is 13.8 Å². The summed E-state index contributed by atoms with van der Waals surface area (Å²) < 4.78 is 0. The summed E-state index contributed by atoms with van der Waals surface area (Å²) in [6.45, 7) is 5.73. The molecule has 68 valence electrons. The number of rotatable bonds is 0. The Labute approximate surface area is 72.7 Å². The van der Waals surface area contributed by atoms with E-state index in [1.807, 2.05) is 20.8 Å². The van der Waals surface area contributed by atoms with Crippen molar-refractivity contribution >= 4 is 11.7 Å². The second kappa shape index (κ2) is 2.57. The van der Waals surface area contributed by atoms with Crippen molar-refractivity contribution in [1.82, 2.24) is 4.90 Å². The summed E-state index contributed by atoms with van der Waals surface area (Å²) in [4.78, 5) is 24.3. The first kappa shape index (κ1) is 9.23. The van der Waals surface area contributed by atoms with Crippen molar-refractivity contribution in [3.63, 3.8) is 0 Å². The molecule has 0 aromatic rings. The van der Waals surface area contributed by atoms with Crippen LogP contribution in [0.5, 0.6) is 0 Å². The topological polar surface area (TPSA) is 37.4 Å². The van der Waals surface area contributed by atoms with Crippen LogP contribution in [0.3, 0.4) is 0 Å². The Bertz CT molecular complexity index is 211. The standard InChI is InChI=1S/C9H15NO2/c1-6-7(11)5-8(12)10(4)9(6,2)3/h6H,5H2,1-4H3. The second-order valence-corrected chi connectivity index (χ2v) is 3.97. The zero-order valence-corrected chi connectivity index (χ0v) is 8.05. The highest BCUT2D eigenvalue weighted by Crippen LogP contribution is 2.29. The number of likely N-dealkylation sites (tertiary alicyclic amines) is 1.